The third-order valence-electron chi connectivity index (χ3n) is 5.43. The van der Waals surface area contributed by atoms with Crippen LogP contribution in [0.1, 0.15) is 46.5 Å². The molecule has 4 atom stereocenters. The van der Waals surface area contributed by atoms with E-state index in [1.807, 2.05) is 0 Å². The predicted molar refractivity (Wildman–Crippen MR) is 95.9 cm³/mol. The number of amides is 1. The summed E-state index contributed by atoms with van der Waals surface area (Å²) in [5.41, 5.74) is 1.19. The molecule has 0 unspecified atom stereocenters. The first-order valence-corrected chi connectivity index (χ1v) is 9.03. The number of hydrogen-bond acceptors (Lipinski definition) is 3. The molecule has 0 saturated heterocycles. The number of halogens is 1. The van der Waals surface area contributed by atoms with Crippen molar-refractivity contribution in [2.24, 2.45) is 23.2 Å². The molecule has 4 nitrogen and oxygen atoms in total. The molecule has 0 aromatic heterocycles. The molecule has 0 radical (unpaired) electrons. The topological polar surface area (TPSA) is 53.3 Å². The van der Waals surface area contributed by atoms with Crippen molar-refractivity contribution in [1.29, 1.82) is 5.26 Å². The van der Waals surface area contributed by atoms with Crippen LogP contribution in [-0.2, 0) is 9.63 Å². The Balaban J connectivity index is 3.03. The summed E-state index contributed by atoms with van der Waals surface area (Å²) in [6, 6.07) is 2.45. The van der Waals surface area contributed by atoms with E-state index in [-0.39, 0.29) is 23.2 Å². The average Bonchev–Trinajstić information content (AvgIpc) is 2.53. The SMILES string of the molecule is CON(C)C(=O)[C@@H]1CC[C@@H](C)[C@](C)(CC/C(C)=C/I)[C@@H]1C#N. The van der Waals surface area contributed by atoms with Crippen molar-refractivity contribution >= 4 is 28.5 Å². The van der Waals surface area contributed by atoms with Gasteiger partial charge in [-0.2, -0.15) is 5.26 Å². The van der Waals surface area contributed by atoms with Crippen molar-refractivity contribution < 1.29 is 9.63 Å². The maximum atomic E-state index is 12.5. The highest BCUT2D eigenvalue weighted by Crippen LogP contribution is 2.51. The van der Waals surface area contributed by atoms with Gasteiger partial charge in [-0.15, -0.1) is 0 Å². The minimum absolute atomic E-state index is 0.0756. The fourth-order valence-electron chi connectivity index (χ4n) is 3.44. The fourth-order valence-corrected chi connectivity index (χ4v) is 3.75. The number of allylic oxidation sites excluding steroid dienone is 1. The Morgan fingerprint density at radius 1 is 1.55 bits per heavy atom. The number of nitrogens with zero attached hydrogens (tertiary/aromatic N) is 2. The van der Waals surface area contributed by atoms with Crippen molar-refractivity contribution in [2.45, 2.75) is 46.5 Å². The zero-order valence-electron chi connectivity index (χ0n) is 14.2. The van der Waals surface area contributed by atoms with Gasteiger partial charge in [0, 0.05) is 7.05 Å². The van der Waals surface area contributed by atoms with Gasteiger partial charge in [0.2, 0.25) is 5.91 Å². The van der Waals surface area contributed by atoms with Gasteiger partial charge in [0.05, 0.1) is 25.0 Å². The molecular formula is C17H27IN2O2. The van der Waals surface area contributed by atoms with Crippen LogP contribution in [0.3, 0.4) is 0 Å². The monoisotopic (exact) mass is 418 g/mol. The summed E-state index contributed by atoms with van der Waals surface area (Å²) >= 11 is 2.26. The Bertz CT molecular complexity index is 472. The molecule has 1 aliphatic rings. The highest BCUT2D eigenvalue weighted by Gasteiger charge is 2.49. The first-order valence-electron chi connectivity index (χ1n) is 7.79. The normalized spacial score (nSPS) is 32.4. The Labute approximate surface area is 148 Å². The minimum atomic E-state index is -0.264. The van der Waals surface area contributed by atoms with Crippen LogP contribution in [-0.4, -0.2) is 25.1 Å². The summed E-state index contributed by atoms with van der Waals surface area (Å²) in [4.78, 5) is 17.6. The van der Waals surface area contributed by atoms with Crippen LogP contribution in [0, 0.1) is 34.5 Å². The minimum Gasteiger partial charge on any atom is -0.275 e. The molecule has 22 heavy (non-hydrogen) atoms. The molecule has 1 saturated carbocycles. The molecule has 0 aromatic rings. The number of hydroxylamine groups is 2. The summed E-state index contributed by atoms with van der Waals surface area (Å²) in [5, 5.41) is 11.0. The van der Waals surface area contributed by atoms with Gasteiger partial charge in [0.1, 0.15) is 0 Å². The van der Waals surface area contributed by atoms with E-state index in [0.29, 0.717) is 5.92 Å². The largest absolute Gasteiger partial charge is 0.275 e. The molecule has 0 spiro atoms. The summed E-state index contributed by atoms with van der Waals surface area (Å²) in [6.45, 7) is 6.51. The zero-order chi connectivity index (χ0) is 16.9. The Hall–Kier alpha value is -0.610. The first-order chi connectivity index (χ1) is 10.3. The fraction of sp³-hybridized carbons (Fsp3) is 0.765. The van der Waals surface area contributed by atoms with E-state index in [4.69, 9.17) is 4.84 Å². The zero-order valence-corrected chi connectivity index (χ0v) is 16.4. The Morgan fingerprint density at radius 2 is 2.18 bits per heavy atom. The van der Waals surface area contributed by atoms with E-state index >= 15 is 0 Å². The number of nitriles is 1. The van der Waals surface area contributed by atoms with Gasteiger partial charge in [-0.3, -0.25) is 9.63 Å². The summed E-state index contributed by atoms with van der Waals surface area (Å²) in [5.74, 6) is -0.159. The molecular weight excluding hydrogens is 391 g/mol. The van der Waals surface area contributed by atoms with Crippen LogP contribution in [0.25, 0.3) is 0 Å². The van der Waals surface area contributed by atoms with Crippen LogP contribution in [0.2, 0.25) is 0 Å². The lowest BCUT2D eigenvalue weighted by Gasteiger charge is -2.47. The predicted octanol–water partition coefficient (Wildman–Crippen LogP) is 4.32. The molecule has 0 aromatic carbocycles. The van der Waals surface area contributed by atoms with Gasteiger partial charge in [-0.1, -0.05) is 42.0 Å². The van der Waals surface area contributed by atoms with Gasteiger partial charge in [-0.25, -0.2) is 5.06 Å². The van der Waals surface area contributed by atoms with Crippen LogP contribution in [0.15, 0.2) is 9.66 Å². The van der Waals surface area contributed by atoms with Gasteiger partial charge in [-0.05, 0) is 48.0 Å². The summed E-state index contributed by atoms with van der Waals surface area (Å²) in [6.07, 6.45) is 3.67. The molecule has 0 N–H and O–H groups in total. The van der Waals surface area contributed by atoms with Gasteiger partial charge in [0.15, 0.2) is 0 Å². The third-order valence-corrected chi connectivity index (χ3v) is 6.50. The van der Waals surface area contributed by atoms with Crippen molar-refractivity contribution in [3.63, 3.8) is 0 Å². The summed E-state index contributed by atoms with van der Waals surface area (Å²) < 4.78 is 2.09. The summed E-state index contributed by atoms with van der Waals surface area (Å²) in [7, 11) is 3.10. The molecule has 5 heteroatoms. The third kappa shape index (κ3) is 4.02. The molecule has 0 heterocycles. The Morgan fingerprint density at radius 3 is 2.68 bits per heavy atom. The van der Waals surface area contributed by atoms with Crippen LogP contribution >= 0.6 is 22.6 Å². The van der Waals surface area contributed by atoms with Crippen LogP contribution in [0.5, 0.6) is 0 Å². The van der Waals surface area contributed by atoms with E-state index < -0.39 is 0 Å². The molecule has 1 rings (SSSR count). The highest BCUT2D eigenvalue weighted by atomic mass is 127. The van der Waals surface area contributed by atoms with Crippen LogP contribution in [0.4, 0.5) is 0 Å². The number of carbonyl (C=O) groups excluding carboxylic acids is 1. The maximum absolute atomic E-state index is 12.5. The van der Waals surface area contributed by atoms with Crippen molar-refractivity contribution in [1.82, 2.24) is 5.06 Å². The molecule has 1 fully saturated rings. The van der Waals surface area contributed by atoms with Crippen LogP contribution < -0.4 is 0 Å². The van der Waals surface area contributed by atoms with Gasteiger partial charge in [0.25, 0.3) is 0 Å². The number of hydrogen-bond donors (Lipinski definition) is 0. The van der Waals surface area contributed by atoms with Gasteiger partial charge >= 0.3 is 0 Å². The lowest BCUT2D eigenvalue weighted by atomic mass is 9.56. The smallest absolute Gasteiger partial charge is 0.250 e. The second-order valence-corrected chi connectivity index (χ2v) is 7.29. The molecule has 0 bridgehead atoms. The van der Waals surface area contributed by atoms with Crippen molar-refractivity contribution in [3.8, 4) is 6.07 Å². The number of carbonyl (C=O) groups is 1. The quantitative estimate of drug-likeness (QED) is 0.494. The van der Waals surface area contributed by atoms with Gasteiger partial charge < -0.3 is 0 Å². The van der Waals surface area contributed by atoms with E-state index in [0.717, 1.165) is 25.7 Å². The molecule has 124 valence electrons. The van der Waals surface area contributed by atoms with E-state index in [1.54, 1.807) is 7.05 Å². The molecule has 1 aliphatic carbocycles. The van der Waals surface area contributed by atoms with E-state index in [2.05, 4.69) is 53.5 Å². The van der Waals surface area contributed by atoms with E-state index in [9.17, 15) is 10.1 Å². The van der Waals surface area contributed by atoms with Crippen molar-refractivity contribution in [2.75, 3.05) is 14.2 Å². The second-order valence-electron chi connectivity index (χ2n) is 6.67. The highest BCUT2D eigenvalue weighted by molar-refractivity contribution is 14.1. The maximum Gasteiger partial charge on any atom is 0.250 e. The molecule has 0 aliphatic heterocycles. The Kier molecular flexibility index (Phi) is 7.33. The lowest BCUT2D eigenvalue weighted by Crippen LogP contribution is -2.47. The van der Waals surface area contributed by atoms with Crippen molar-refractivity contribution in [3.05, 3.63) is 9.66 Å². The first kappa shape index (κ1) is 19.4. The standard InChI is InChI=1S/C17H27IN2O2/c1-12(10-18)8-9-17(3)13(2)6-7-14(15(17)11-19)16(21)20(4)22-5/h10,13-15H,6-9H2,1-5H3/b12-10+/t13-,14-,15-,17+/m1/s1. The van der Waals surface area contributed by atoms with E-state index in [1.165, 1.54) is 17.7 Å². The average molecular weight is 418 g/mol. The molecule has 1 amide bonds. The lowest BCUT2D eigenvalue weighted by molar-refractivity contribution is -0.179. The number of rotatable bonds is 5. The second kappa shape index (κ2) is 8.30.